The summed E-state index contributed by atoms with van der Waals surface area (Å²) in [6.45, 7) is 0.179. The number of imide groups is 1. The zero-order chi connectivity index (χ0) is 24.5. The molecule has 1 saturated carbocycles. The molecule has 4 N–H and O–H groups in total. The van der Waals surface area contributed by atoms with E-state index in [0.29, 0.717) is 42.4 Å². The second kappa shape index (κ2) is 12.5. The number of carbonyl (C=O) groups is 4. The highest BCUT2D eigenvalue weighted by atomic mass is 16.5. The van der Waals surface area contributed by atoms with Crippen LogP contribution in [0, 0.1) is 11.8 Å². The molecule has 5 amide bonds. The zero-order valence-electron chi connectivity index (χ0n) is 19.3. The molecule has 1 aromatic rings. The van der Waals surface area contributed by atoms with Crippen molar-refractivity contribution in [2.24, 2.45) is 11.8 Å². The van der Waals surface area contributed by atoms with E-state index < -0.39 is 30.0 Å². The Hall–Kier alpha value is -2.98. The van der Waals surface area contributed by atoms with Gasteiger partial charge in [-0.25, -0.2) is 9.86 Å². The van der Waals surface area contributed by atoms with Gasteiger partial charge in [-0.15, -0.1) is 0 Å². The van der Waals surface area contributed by atoms with Gasteiger partial charge < -0.3 is 15.3 Å². The molecule has 34 heavy (non-hydrogen) atoms. The Labute approximate surface area is 199 Å². The quantitative estimate of drug-likeness (QED) is 0.231. The number of likely N-dealkylation sites (tertiary alicyclic amines) is 1. The lowest BCUT2D eigenvalue weighted by atomic mass is 9.91. The topological polar surface area (TPSA) is 139 Å². The van der Waals surface area contributed by atoms with Gasteiger partial charge in [0.1, 0.15) is 6.04 Å². The molecule has 0 spiro atoms. The van der Waals surface area contributed by atoms with E-state index in [0.717, 1.165) is 25.7 Å². The van der Waals surface area contributed by atoms with Gasteiger partial charge in [0.15, 0.2) is 0 Å². The van der Waals surface area contributed by atoms with Crippen LogP contribution < -0.4 is 10.6 Å². The lowest BCUT2D eigenvalue weighted by Gasteiger charge is -2.30. The molecule has 1 aromatic carbocycles. The molecule has 10 nitrogen and oxygen atoms in total. The van der Waals surface area contributed by atoms with Crippen LogP contribution in [0.3, 0.4) is 0 Å². The lowest BCUT2D eigenvalue weighted by molar-refractivity contribution is -0.158. The number of nitrogens with one attached hydrogen (secondary N) is 2. The summed E-state index contributed by atoms with van der Waals surface area (Å²) in [4.78, 5) is 50.7. The van der Waals surface area contributed by atoms with Crippen LogP contribution in [0.1, 0.15) is 56.6 Å². The summed E-state index contributed by atoms with van der Waals surface area (Å²) in [5.74, 6) is -1.13. The summed E-state index contributed by atoms with van der Waals surface area (Å²) >= 11 is 0. The van der Waals surface area contributed by atoms with E-state index in [-0.39, 0.29) is 25.4 Å². The minimum absolute atomic E-state index is 0.0715. The van der Waals surface area contributed by atoms with Gasteiger partial charge in [-0.3, -0.25) is 24.9 Å². The standard InChI is InChI=1S/C24H34N4O6/c29-16-27(34)15-19(13-17-7-4-5-8-17)23(32)28-12-6-11-20(28)22(31)26-24(33)25-14-21(30)18-9-2-1-3-10-18/h1-3,9-10,16-17,19-21,30,34H,4-8,11-15H2,(H2,25,26,31,33)/t19-,20+,21-/m1/s1. The van der Waals surface area contributed by atoms with Gasteiger partial charge in [0.2, 0.25) is 12.3 Å². The third-order valence-corrected chi connectivity index (χ3v) is 6.69. The Bertz CT molecular complexity index is 845. The van der Waals surface area contributed by atoms with Crippen molar-refractivity contribution in [2.45, 2.75) is 57.1 Å². The molecule has 3 rings (SSSR count). The van der Waals surface area contributed by atoms with Gasteiger partial charge in [-0.05, 0) is 30.7 Å². The molecule has 1 heterocycles. The van der Waals surface area contributed by atoms with Crippen LogP contribution in [0.25, 0.3) is 0 Å². The Morgan fingerprint density at radius 3 is 2.50 bits per heavy atom. The number of benzene rings is 1. The predicted octanol–water partition coefficient (Wildman–Crippen LogP) is 1.58. The first-order chi connectivity index (χ1) is 16.4. The largest absolute Gasteiger partial charge is 0.387 e. The zero-order valence-corrected chi connectivity index (χ0v) is 19.3. The molecule has 0 aromatic heterocycles. The van der Waals surface area contributed by atoms with Crippen molar-refractivity contribution in [3.05, 3.63) is 35.9 Å². The van der Waals surface area contributed by atoms with Gasteiger partial charge >= 0.3 is 6.03 Å². The number of amides is 5. The van der Waals surface area contributed by atoms with E-state index >= 15 is 0 Å². The normalized spacial score (nSPS) is 19.9. The minimum Gasteiger partial charge on any atom is -0.387 e. The Morgan fingerprint density at radius 1 is 1.12 bits per heavy atom. The number of hydrogen-bond acceptors (Lipinski definition) is 6. The van der Waals surface area contributed by atoms with Crippen LogP contribution in [0.15, 0.2) is 30.3 Å². The smallest absolute Gasteiger partial charge is 0.321 e. The van der Waals surface area contributed by atoms with E-state index in [2.05, 4.69) is 10.6 Å². The van der Waals surface area contributed by atoms with Crippen LogP contribution in [-0.2, 0) is 14.4 Å². The summed E-state index contributed by atoms with van der Waals surface area (Å²) in [6, 6.07) is 7.29. The summed E-state index contributed by atoms with van der Waals surface area (Å²) < 4.78 is 0. The molecule has 0 radical (unpaired) electrons. The molecule has 10 heteroatoms. The maximum atomic E-state index is 13.3. The fourth-order valence-corrected chi connectivity index (χ4v) is 4.93. The first-order valence-electron chi connectivity index (χ1n) is 11.9. The van der Waals surface area contributed by atoms with Gasteiger partial charge in [0, 0.05) is 13.1 Å². The van der Waals surface area contributed by atoms with Crippen LogP contribution in [-0.4, -0.2) is 70.2 Å². The Morgan fingerprint density at radius 2 is 1.82 bits per heavy atom. The molecular weight excluding hydrogens is 440 g/mol. The second-order valence-corrected chi connectivity index (χ2v) is 9.13. The average Bonchev–Trinajstić information content (AvgIpc) is 3.54. The Kier molecular flexibility index (Phi) is 9.41. The molecule has 1 aliphatic heterocycles. The number of hydrogen-bond donors (Lipinski definition) is 4. The lowest BCUT2D eigenvalue weighted by Crippen LogP contribution is -2.52. The number of aliphatic hydroxyl groups excluding tert-OH is 1. The van der Waals surface area contributed by atoms with E-state index in [9.17, 15) is 29.5 Å². The summed E-state index contributed by atoms with van der Waals surface area (Å²) in [5.41, 5.74) is 0.642. The van der Waals surface area contributed by atoms with Crippen molar-refractivity contribution in [2.75, 3.05) is 19.6 Å². The van der Waals surface area contributed by atoms with Crippen LogP contribution in [0.5, 0.6) is 0 Å². The second-order valence-electron chi connectivity index (χ2n) is 9.13. The van der Waals surface area contributed by atoms with Crippen LogP contribution >= 0.6 is 0 Å². The van der Waals surface area contributed by atoms with Gasteiger partial charge in [-0.2, -0.15) is 0 Å². The minimum atomic E-state index is -0.915. The Balaban J connectivity index is 1.56. The first kappa shape index (κ1) is 25.6. The van der Waals surface area contributed by atoms with Gasteiger partial charge in [0.25, 0.3) is 5.91 Å². The van der Waals surface area contributed by atoms with Crippen molar-refractivity contribution in [3.8, 4) is 0 Å². The third kappa shape index (κ3) is 7.01. The third-order valence-electron chi connectivity index (χ3n) is 6.69. The maximum Gasteiger partial charge on any atom is 0.321 e. The highest BCUT2D eigenvalue weighted by Crippen LogP contribution is 2.32. The summed E-state index contributed by atoms with van der Waals surface area (Å²) in [5, 5.41) is 25.1. The molecule has 186 valence electrons. The monoisotopic (exact) mass is 474 g/mol. The summed E-state index contributed by atoms with van der Waals surface area (Å²) in [6.07, 6.45) is 5.17. The molecule has 2 fully saturated rings. The number of nitrogens with zero attached hydrogens (tertiary/aromatic N) is 2. The van der Waals surface area contributed by atoms with Crippen molar-refractivity contribution in [3.63, 3.8) is 0 Å². The molecule has 3 atom stereocenters. The number of carbonyl (C=O) groups excluding carboxylic acids is 4. The van der Waals surface area contributed by atoms with E-state index in [1.54, 1.807) is 24.3 Å². The molecule has 0 unspecified atom stereocenters. The molecular formula is C24H34N4O6. The number of aliphatic hydroxyl groups is 1. The molecule has 2 aliphatic rings. The first-order valence-corrected chi connectivity index (χ1v) is 11.9. The summed E-state index contributed by atoms with van der Waals surface area (Å²) in [7, 11) is 0. The van der Waals surface area contributed by atoms with Crippen molar-refractivity contribution in [1.82, 2.24) is 20.6 Å². The fourth-order valence-electron chi connectivity index (χ4n) is 4.93. The SMILES string of the molecule is O=CN(O)C[C@@H](CC1CCCC1)C(=O)N1CCC[C@H]1C(=O)NC(=O)NC[C@@H](O)c1ccccc1. The van der Waals surface area contributed by atoms with E-state index in [1.807, 2.05) is 6.07 Å². The highest BCUT2D eigenvalue weighted by molar-refractivity contribution is 5.99. The van der Waals surface area contributed by atoms with E-state index in [1.165, 1.54) is 4.90 Å². The van der Waals surface area contributed by atoms with E-state index in [4.69, 9.17) is 0 Å². The number of urea groups is 1. The fraction of sp³-hybridized carbons (Fsp3) is 0.583. The van der Waals surface area contributed by atoms with Gasteiger partial charge in [0.05, 0.1) is 18.6 Å². The molecule has 1 aliphatic carbocycles. The highest BCUT2D eigenvalue weighted by Gasteiger charge is 2.39. The predicted molar refractivity (Wildman–Crippen MR) is 122 cm³/mol. The molecule has 1 saturated heterocycles. The van der Waals surface area contributed by atoms with Crippen molar-refractivity contribution >= 4 is 24.3 Å². The average molecular weight is 475 g/mol. The number of rotatable bonds is 10. The molecule has 0 bridgehead atoms. The maximum absolute atomic E-state index is 13.3. The van der Waals surface area contributed by atoms with Crippen molar-refractivity contribution < 1.29 is 29.5 Å². The number of hydroxylamine groups is 2. The van der Waals surface area contributed by atoms with Gasteiger partial charge in [-0.1, -0.05) is 56.0 Å². The van der Waals surface area contributed by atoms with Crippen LogP contribution in [0.2, 0.25) is 0 Å². The van der Waals surface area contributed by atoms with Crippen LogP contribution in [0.4, 0.5) is 4.79 Å². The van der Waals surface area contributed by atoms with Crippen molar-refractivity contribution in [1.29, 1.82) is 0 Å².